The van der Waals surface area contributed by atoms with E-state index in [9.17, 15) is 13.2 Å². The first kappa shape index (κ1) is 23.6. The topological polar surface area (TPSA) is 76.8 Å². The summed E-state index contributed by atoms with van der Waals surface area (Å²) in [5, 5.41) is 0.891. The number of hydrogen-bond donors (Lipinski definition) is 0. The molecule has 4 rings (SSSR count). The number of carbonyl (C=O) groups is 1. The number of nitrogens with zero attached hydrogens (tertiary/aromatic N) is 1. The molecular weight excluding hydrogens is 450 g/mol. The van der Waals surface area contributed by atoms with E-state index in [1.54, 1.807) is 49.6 Å². The number of ether oxygens (including phenoxy) is 1. The normalized spacial score (nSPS) is 11.5. The molecule has 0 aliphatic rings. The Kier molecular flexibility index (Phi) is 6.48. The van der Waals surface area contributed by atoms with Crippen molar-refractivity contribution in [3.05, 3.63) is 89.2 Å². The maximum absolute atomic E-state index is 13.1. The molecule has 0 atom stereocenters. The van der Waals surface area contributed by atoms with Gasteiger partial charge in [0.15, 0.2) is 0 Å². The van der Waals surface area contributed by atoms with Gasteiger partial charge in [0.25, 0.3) is 10.0 Å². The van der Waals surface area contributed by atoms with Crippen molar-refractivity contribution in [2.75, 3.05) is 11.4 Å². The zero-order valence-electron chi connectivity index (χ0n) is 19.7. The zero-order valence-corrected chi connectivity index (χ0v) is 20.5. The largest absolute Gasteiger partial charge is 0.464 e. The van der Waals surface area contributed by atoms with Gasteiger partial charge in [-0.3, -0.25) is 9.10 Å². The summed E-state index contributed by atoms with van der Waals surface area (Å²) in [7, 11) is -2.22. The number of hydrogen-bond acceptors (Lipinski definition) is 5. The highest BCUT2D eigenvalue weighted by atomic mass is 32.2. The predicted octanol–water partition coefficient (Wildman–Crippen LogP) is 5.59. The van der Waals surface area contributed by atoms with E-state index in [0.717, 1.165) is 28.5 Å². The van der Waals surface area contributed by atoms with Gasteiger partial charge < -0.3 is 9.15 Å². The number of esters is 1. The Morgan fingerprint density at radius 3 is 2.44 bits per heavy atom. The summed E-state index contributed by atoms with van der Waals surface area (Å²) in [4.78, 5) is 12.8. The third kappa shape index (κ3) is 4.70. The van der Waals surface area contributed by atoms with Crippen molar-refractivity contribution in [2.45, 2.75) is 38.5 Å². The van der Waals surface area contributed by atoms with Gasteiger partial charge in [-0.05, 0) is 73.4 Å². The van der Waals surface area contributed by atoms with Crippen LogP contribution >= 0.6 is 0 Å². The van der Waals surface area contributed by atoms with E-state index >= 15 is 0 Å². The van der Waals surface area contributed by atoms with Crippen LogP contribution in [0.3, 0.4) is 0 Å². The van der Waals surface area contributed by atoms with Crippen molar-refractivity contribution in [1.82, 2.24) is 0 Å². The van der Waals surface area contributed by atoms with Gasteiger partial charge in [0.2, 0.25) is 0 Å². The lowest BCUT2D eigenvalue weighted by atomic mass is 10.1. The van der Waals surface area contributed by atoms with Gasteiger partial charge in [-0.2, -0.15) is 0 Å². The van der Waals surface area contributed by atoms with E-state index in [4.69, 9.17) is 9.15 Å². The number of furan rings is 1. The van der Waals surface area contributed by atoms with Crippen LogP contribution in [-0.2, 0) is 27.7 Å². The minimum absolute atomic E-state index is 0.0706. The average molecular weight is 478 g/mol. The smallest absolute Gasteiger partial charge is 0.315 e. The molecule has 1 aromatic heterocycles. The summed E-state index contributed by atoms with van der Waals surface area (Å²) < 4.78 is 38.5. The highest BCUT2D eigenvalue weighted by molar-refractivity contribution is 7.92. The standard InChI is InChI=1S/C27H27NO5S/c1-5-20-8-13-24-21(17-32-25(24)15-20)16-27(29)33-23-11-9-22(10-12-23)28(4)34(30,31)26-14-18(2)6-7-19(26)3/h6-15,17H,5,16H2,1-4H3. The lowest BCUT2D eigenvalue weighted by Crippen LogP contribution is -2.27. The van der Waals surface area contributed by atoms with E-state index in [-0.39, 0.29) is 11.3 Å². The Balaban J connectivity index is 1.46. The molecule has 0 aliphatic carbocycles. The summed E-state index contributed by atoms with van der Waals surface area (Å²) in [5.41, 5.74) is 4.70. The quantitative estimate of drug-likeness (QED) is 0.256. The third-order valence-corrected chi connectivity index (χ3v) is 7.80. The van der Waals surface area contributed by atoms with Crippen molar-refractivity contribution in [2.24, 2.45) is 0 Å². The van der Waals surface area contributed by atoms with Crippen molar-refractivity contribution < 1.29 is 22.4 Å². The highest BCUT2D eigenvalue weighted by Gasteiger charge is 2.23. The molecule has 3 aromatic carbocycles. The maximum Gasteiger partial charge on any atom is 0.315 e. The molecule has 0 saturated carbocycles. The Morgan fingerprint density at radius 2 is 1.74 bits per heavy atom. The number of carbonyl (C=O) groups excluding carboxylic acids is 1. The van der Waals surface area contributed by atoms with Gasteiger partial charge in [0, 0.05) is 18.0 Å². The van der Waals surface area contributed by atoms with Crippen molar-refractivity contribution in [3.8, 4) is 5.75 Å². The zero-order chi connectivity index (χ0) is 24.5. The second-order valence-electron chi connectivity index (χ2n) is 8.33. The van der Waals surface area contributed by atoms with Crippen LogP contribution in [0.15, 0.2) is 76.2 Å². The van der Waals surface area contributed by atoms with E-state index in [1.165, 1.54) is 16.9 Å². The Labute approximate surface area is 199 Å². The van der Waals surface area contributed by atoms with Crippen LogP contribution in [0.2, 0.25) is 0 Å². The fourth-order valence-corrected chi connectivity index (χ4v) is 5.31. The molecule has 0 aliphatic heterocycles. The molecule has 0 radical (unpaired) electrons. The molecule has 6 nitrogen and oxygen atoms in total. The molecule has 0 spiro atoms. The summed E-state index contributed by atoms with van der Waals surface area (Å²) in [6, 6.07) is 17.7. The summed E-state index contributed by atoms with van der Waals surface area (Å²) in [5.74, 6) is -0.0845. The van der Waals surface area contributed by atoms with Crippen LogP contribution < -0.4 is 9.04 Å². The van der Waals surface area contributed by atoms with Gasteiger partial charge >= 0.3 is 5.97 Å². The molecule has 176 valence electrons. The predicted molar refractivity (Wildman–Crippen MR) is 133 cm³/mol. The molecule has 1 heterocycles. The number of benzene rings is 3. The van der Waals surface area contributed by atoms with Crippen LogP contribution in [0.25, 0.3) is 11.0 Å². The molecule has 7 heteroatoms. The molecule has 0 N–H and O–H groups in total. The van der Waals surface area contributed by atoms with Crippen molar-refractivity contribution in [1.29, 1.82) is 0 Å². The molecule has 34 heavy (non-hydrogen) atoms. The Hall–Kier alpha value is -3.58. The molecule has 0 bridgehead atoms. The van der Waals surface area contributed by atoms with Gasteiger partial charge in [-0.15, -0.1) is 0 Å². The minimum atomic E-state index is -3.73. The summed E-state index contributed by atoms with van der Waals surface area (Å²) >= 11 is 0. The fraction of sp³-hybridized carbons (Fsp3) is 0.222. The fourth-order valence-electron chi connectivity index (χ4n) is 3.80. The first-order chi connectivity index (χ1) is 16.2. The van der Waals surface area contributed by atoms with E-state index in [1.807, 2.05) is 31.2 Å². The van der Waals surface area contributed by atoms with Crippen LogP contribution in [0, 0.1) is 13.8 Å². The van der Waals surface area contributed by atoms with Crippen LogP contribution in [0.5, 0.6) is 5.75 Å². The highest BCUT2D eigenvalue weighted by Crippen LogP contribution is 2.27. The van der Waals surface area contributed by atoms with Gasteiger partial charge in [0.1, 0.15) is 11.3 Å². The van der Waals surface area contributed by atoms with Gasteiger partial charge in [0.05, 0.1) is 23.3 Å². The monoisotopic (exact) mass is 477 g/mol. The second-order valence-corrected chi connectivity index (χ2v) is 10.3. The van der Waals surface area contributed by atoms with Gasteiger partial charge in [-0.25, -0.2) is 8.42 Å². The molecule has 0 fully saturated rings. The first-order valence-corrected chi connectivity index (χ1v) is 12.5. The molecule has 0 amide bonds. The Morgan fingerprint density at radius 1 is 1.00 bits per heavy atom. The Bertz CT molecular complexity index is 1450. The second kappa shape index (κ2) is 9.35. The lowest BCUT2D eigenvalue weighted by molar-refractivity contribution is -0.133. The van der Waals surface area contributed by atoms with E-state index in [2.05, 4.69) is 6.92 Å². The van der Waals surface area contributed by atoms with Crippen molar-refractivity contribution >= 4 is 32.6 Å². The molecular formula is C27H27NO5S. The van der Waals surface area contributed by atoms with E-state index in [0.29, 0.717) is 17.0 Å². The molecule has 4 aromatic rings. The summed E-state index contributed by atoms with van der Waals surface area (Å²) in [6.07, 6.45) is 2.56. The number of anilines is 1. The maximum atomic E-state index is 13.1. The first-order valence-electron chi connectivity index (χ1n) is 11.0. The SMILES string of the molecule is CCc1ccc2c(CC(=O)Oc3ccc(N(C)S(=O)(=O)c4cc(C)ccc4C)cc3)coc2c1. The van der Waals surface area contributed by atoms with Gasteiger partial charge in [-0.1, -0.05) is 31.2 Å². The van der Waals surface area contributed by atoms with Crippen LogP contribution in [0.4, 0.5) is 5.69 Å². The van der Waals surface area contributed by atoms with Crippen LogP contribution in [-0.4, -0.2) is 21.4 Å². The van der Waals surface area contributed by atoms with E-state index < -0.39 is 16.0 Å². The minimum Gasteiger partial charge on any atom is -0.464 e. The lowest BCUT2D eigenvalue weighted by Gasteiger charge is -2.21. The van der Waals surface area contributed by atoms with Crippen LogP contribution in [0.1, 0.15) is 29.2 Å². The average Bonchev–Trinajstić information content (AvgIpc) is 3.22. The molecule has 0 unspecified atom stereocenters. The number of aryl methyl sites for hydroxylation is 3. The summed E-state index contributed by atoms with van der Waals surface area (Å²) in [6.45, 7) is 5.70. The van der Waals surface area contributed by atoms with Crippen molar-refractivity contribution in [3.63, 3.8) is 0 Å². The number of rotatable bonds is 7. The number of sulfonamides is 1. The molecule has 0 saturated heterocycles. The third-order valence-electron chi connectivity index (χ3n) is 5.88. The number of fused-ring (bicyclic) bond motifs is 1.